The summed E-state index contributed by atoms with van der Waals surface area (Å²) in [5, 5.41) is 2.93. The molecule has 1 unspecified atom stereocenters. The number of amides is 1. The maximum absolute atomic E-state index is 13.7. The van der Waals surface area contributed by atoms with Crippen LogP contribution in [0.25, 0.3) is 0 Å². The molecular formula is C27H30N2O5S. The van der Waals surface area contributed by atoms with Crippen molar-refractivity contribution in [3.05, 3.63) is 82.9 Å². The van der Waals surface area contributed by atoms with E-state index >= 15 is 0 Å². The lowest BCUT2D eigenvalue weighted by Gasteiger charge is -2.27. The van der Waals surface area contributed by atoms with Crippen molar-refractivity contribution in [3.8, 4) is 11.5 Å². The van der Waals surface area contributed by atoms with E-state index in [1.165, 1.54) is 4.31 Å². The summed E-state index contributed by atoms with van der Waals surface area (Å²) in [5.74, 6) is 0.890. The third-order valence-corrected chi connectivity index (χ3v) is 7.96. The number of carbonyl (C=O) groups is 1. The Labute approximate surface area is 206 Å². The van der Waals surface area contributed by atoms with Gasteiger partial charge >= 0.3 is 0 Å². The summed E-state index contributed by atoms with van der Waals surface area (Å²) in [6, 6.07) is 17.2. The second-order valence-electron chi connectivity index (χ2n) is 8.74. The Balaban J connectivity index is 1.61. The largest absolute Gasteiger partial charge is 0.486 e. The van der Waals surface area contributed by atoms with Crippen LogP contribution in [-0.2, 0) is 14.8 Å². The number of sulfonamides is 1. The SMILES string of the molecule is Cc1ccc(S(=O)(=O)N(CC(=O)NC(C)c2ccc3c(c2)OCCO3)c2cccc(C)c2C)cc1. The summed E-state index contributed by atoms with van der Waals surface area (Å²) in [6.45, 7) is 8.14. The summed E-state index contributed by atoms with van der Waals surface area (Å²) in [6.07, 6.45) is 0. The van der Waals surface area contributed by atoms with Crippen LogP contribution in [0.15, 0.2) is 65.6 Å². The predicted octanol–water partition coefficient (Wildman–Crippen LogP) is 4.46. The highest BCUT2D eigenvalue weighted by atomic mass is 32.2. The fraction of sp³-hybridized carbons (Fsp3) is 0.296. The molecule has 1 heterocycles. The average Bonchev–Trinajstić information content (AvgIpc) is 2.84. The maximum atomic E-state index is 13.7. The summed E-state index contributed by atoms with van der Waals surface area (Å²) in [7, 11) is -3.98. The van der Waals surface area contributed by atoms with Gasteiger partial charge in [-0.05, 0) is 74.7 Å². The van der Waals surface area contributed by atoms with E-state index in [1.54, 1.807) is 36.4 Å². The van der Waals surface area contributed by atoms with Crippen molar-refractivity contribution < 1.29 is 22.7 Å². The first-order chi connectivity index (χ1) is 16.7. The van der Waals surface area contributed by atoms with Crippen molar-refractivity contribution in [2.75, 3.05) is 24.1 Å². The molecule has 0 radical (unpaired) electrons. The first-order valence-electron chi connectivity index (χ1n) is 11.5. The number of carbonyl (C=O) groups excluding carboxylic acids is 1. The Morgan fingerprint density at radius 2 is 1.66 bits per heavy atom. The standard InChI is InChI=1S/C27H30N2O5S/c1-18-8-11-23(12-9-18)35(31,32)29(24-7-5-6-19(2)20(24)3)17-27(30)28-21(4)22-10-13-25-26(16-22)34-15-14-33-25/h5-13,16,21H,14-15,17H2,1-4H3,(H,28,30). The van der Waals surface area contributed by atoms with Gasteiger partial charge in [0.1, 0.15) is 19.8 Å². The van der Waals surface area contributed by atoms with Crippen LogP contribution in [0.2, 0.25) is 0 Å². The lowest BCUT2D eigenvalue weighted by Crippen LogP contribution is -2.42. The van der Waals surface area contributed by atoms with Crippen LogP contribution in [0.1, 0.15) is 35.2 Å². The second-order valence-corrected chi connectivity index (χ2v) is 10.6. The van der Waals surface area contributed by atoms with Crippen LogP contribution in [0.4, 0.5) is 5.69 Å². The van der Waals surface area contributed by atoms with Crippen molar-refractivity contribution in [1.29, 1.82) is 0 Å². The molecule has 0 saturated carbocycles. The van der Waals surface area contributed by atoms with E-state index in [0.29, 0.717) is 30.4 Å². The summed E-state index contributed by atoms with van der Waals surface area (Å²) >= 11 is 0. The molecule has 0 spiro atoms. The first-order valence-corrected chi connectivity index (χ1v) is 13.0. The van der Waals surface area contributed by atoms with E-state index in [4.69, 9.17) is 9.47 Å². The fourth-order valence-electron chi connectivity index (χ4n) is 3.97. The molecular weight excluding hydrogens is 464 g/mol. The number of anilines is 1. The van der Waals surface area contributed by atoms with Gasteiger partial charge in [0, 0.05) is 0 Å². The minimum absolute atomic E-state index is 0.136. The first kappa shape index (κ1) is 24.6. The molecule has 3 aromatic carbocycles. The van der Waals surface area contributed by atoms with Gasteiger partial charge in [0.15, 0.2) is 11.5 Å². The Bertz CT molecular complexity index is 1340. The van der Waals surface area contributed by atoms with Crippen molar-refractivity contribution in [2.45, 2.75) is 38.6 Å². The van der Waals surface area contributed by atoms with Gasteiger partial charge in [-0.25, -0.2) is 8.42 Å². The number of nitrogens with zero attached hydrogens (tertiary/aromatic N) is 1. The molecule has 1 aliphatic heterocycles. The number of benzene rings is 3. The molecule has 8 heteroatoms. The zero-order valence-corrected chi connectivity index (χ0v) is 21.2. The van der Waals surface area contributed by atoms with Gasteiger partial charge in [0.05, 0.1) is 16.6 Å². The Morgan fingerprint density at radius 3 is 2.37 bits per heavy atom. The van der Waals surface area contributed by atoms with Crippen LogP contribution in [0.3, 0.4) is 0 Å². The molecule has 0 aromatic heterocycles. The lowest BCUT2D eigenvalue weighted by molar-refractivity contribution is -0.120. The van der Waals surface area contributed by atoms with Gasteiger partial charge in [-0.2, -0.15) is 0 Å². The number of rotatable bonds is 7. The summed E-state index contributed by atoms with van der Waals surface area (Å²) in [4.78, 5) is 13.3. The van der Waals surface area contributed by atoms with Crippen LogP contribution in [-0.4, -0.2) is 34.1 Å². The number of hydrogen-bond donors (Lipinski definition) is 1. The van der Waals surface area contributed by atoms with E-state index in [0.717, 1.165) is 22.3 Å². The molecule has 1 amide bonds. The van der Waals surface area contributed by atoms with Gasteiger partial charge in [0.2, 0.25) is 5.91 Å². The minimum Gasteiger partial charge on any atom is -0.486 e. The Morgan fingerprint density at radius 1 is 0.971 bits per heavy atom. The van der Waals surface area contributed by atoms with Crippen LogP contribution in [0.5, 0.6) is 11.5 Å². The highest BCUT2D eigenvalue weighted by Gasteiger charge is 2.29. The van der Waals surface area contributed by atoms with Crippen LogP contribution < -0.4 is 19.1 Å². The van der Waals surface area contributed by atoms with E-state index in [-0.39, 0.29) is 17.5 Å². The van der Waals surface area contributed by atoms with E-state index in [9.17, 15) is 13.2 Å². The highest BCUT2D eigenvalue weighted by molar-refractivity contribution is 7.92. The topological polar surface area (TPSA) is 84.9 Å². The molecule has 1 aliphatic rings. The van der Waals surface area contributed by atoms with Crippen LogP contribution >= 0.6 is 0 Å². The maximum Gasteiger partial charge on any atom is 0.264 e. The van der Waals surface area contributed by atoms with Gasteiger partial charge in [-0.15, -0.1) is 0 Å². The monoisotopic (exact) mass is 494 g/mol. The molecule has 0 aliphatic carbocycles. The van der Waals surface area contributed by atoms with E-state index in [1.807, 2.05) is 52.0 Å². The molecule has 0 bridgehead atoms. The summed E-state index contributed by atoms with van der Waals surface area (Å²) < 4.78 is 39.7. The number of aryl methyl sites for hydroxylation is 2. The smallest absolute Gasteiger partial charge is 0.264 e. The fourth-order valence-corrected chi connectivity index (χ4v) is 5.45. The molecule has 0 saturated heterocycles. The Kier molecular flexibility index (Phi) is 7.03. The zero-order chi connectivity index (χ0) is 25.2. The minimum atomic E-state index is -3.98. The zero-order valence-electron chi connectivity index (χ0n) is 20.4. The number of nitrogens with one attached hydrogen (secondary N) is 1. The van der Waals surface area contributed by atoms with Crippen molar-refractivity contribution in [3.63, 3.8) is 0 Å². The Hall–Kier alpha value is -3.52. The van der Waals surface area contributed by atoms with Gasteiger partial charge in [-0.3, -0.25) is 9.10 Å². The van der Waals surface area contributed by atoms with Crippen molar-refractivity contribution >= 4 is 21.6 Å². The van der Waals surface area contributed by atoms with Gasteiger partial charge in [0.25, 0.3) is 10.0 Å². The predicted molar refractivity (Wildman–Crippen MR) is 136 cm³/mol. The third-order valence-electron chi connectivity index (χ3n) is 6.18. The molecule has 1 atom stereocenters. The molecule has 3 aromatic rings. The lowest BCUT2D eigenvalue weighted by atomic mass is 10.1. The number of hydrogen-bond acceptors (Lipinski definition) is 5. The van der Waals surface area contributed by atoms with E-state index in [2.05, 4.69) is 5.32 Å². The van der Waals surface area contributed by atoms with Crippen molar-refractivity contribution in [1.82, 2.24) is 5.32 Å². The third kappa shape index (κ3) is 5.27. The second kappa shape index (κ2) is 10.00. The summed E-state index contributed by atoms with van der Waals surface area (Å²) in [5.41, 5.74) is 4.01. The molecule has 0 fully saturated rings. The molecule has 35 heavy (non-hydrogen) atoms. The van der Waals surface area contributed by atoms with Gasteiger partial charge < -0.3 is 14.8 Å². The quantitative estimate of drug-likeness (QED) is 0.524. The van der Waals surface area contributed by atoms with Crippen molar-refractivity contribution in [2.24, 2.45) is 0 Å². The molecule has 4 rings (SSSR count). The normalized spacial score (nSPS) is 13.7. The molecule has 7 nitrogen and oxygen atoms in total. The highest BCUT2D eigenvalue weighted by Crippen LogP contribution is 2.33. The molecule has 184 valence electrons. The van der Waals surface area contributed by atoms with Gasteiger partial charge in [-0.1, -0.05) is 35.9 Å². The number of ether oxygens (including phenoxy) is 2. The van der Waals surface area contributed by atoms with E-state index < -0.39 is 15.9 Å². The number of fused-ring (bicyclic) bond motifs is 1. The molecule has 1 N–H and O–H groups in total. The average molecular weight is 495 g/mol. The van der Waals surface area contributed by atoms with Crippen LogP contribution in [0, 0.1) is 20.8 Å².